The molecular weight excluding hydrogens is 253 g/mol. The molecule has 0 aromatic carbocycles. The molecule has 0 bridgehead atoms. The van der Waals surface area contributed by atoms with Crippen molar-refractivity contribution in [2.75, 3.05) is 24.6 Å². The van der Waals surface area contributed by atoms with E-state index in [-0.39, 0.29) is 12.7 Å². The van der Waals surface area contributed by atoms with Gasteiger partial charge in [-0.15, -0.1) is 0 Å². The van der Waals surface area contributed by atoms with E-state index in [9.17, 15) is 9.18 Å². The molecule has 1 fully saturated rings. The molecular formula is C12H16FN3O3. The molecule has 2 heterocycles. The highest BCUT2D eigenvalue weighted by Crippen LogP contribution is 2.22. The molecule has 7 heteroatoms. The second-order valence-electron chi connectivity index (χ2n) is 4.49. The second-order valence-corrected chi connectivity index (χ2v) is 4.49. The van der Waals surface area contributed by atoms with Crippen LogP contribution in [0.4, 0.5) is 10.2 Å². The number of ether oxygens (including phenoxy) is 1. The lowest BCUT2D eigenvalue weighted by atomic mass is 10.1. The van der Waals surface area contributed by atoms with E-state index in [1.807, 2.05) is 4.90 Å². The minimum atomic E-state index is -0.972. The maximum absolute atomic E-state index is 13.9. The lowest BCUT2D eigenvalue weighted by Gasteiger charge is -2.32. The van der Waals surface area contributed by atoms with Crippen molar-refractivity contribution in [2.24, 2.45) is 0 Å². The zero-order valence-corrected chi connectivity index (χ0v) is 10.7. The fraction of sp³-hybridized carbons (Fsp3) is 0.583. The summed E-state index contributed by atoms with van der Waals surface area (Å²) in [5.41, 5.74) is 0.328. The van der Waals surface area contributed by atoms with E-state index in [1.54, 1.807) is 6.92 Å². The highest BCUT2D eigenvalue weighted by molar-refractivity contribution is 5.68. The molecule has 0 atom stereocenters. The molecule has 1 N–H and O–H groups in total. The predicted octanol–water partition coefficient (Wildman–Crippen LogP) is 0.994. The first kappa shape index (κ1) is 13.7. The Morgan fingerprint density at radius 1 is 1.53 bits per heavy atom. The summed E-state index contributed by atoms with van der Waals surface area (Å²) < 4.78 is 19.1. The molecule has 0 aliphatic carbocycles. The molecule has 104 valence electrons. The van der Waals surface area contributed by atoms with Crippen LogP contribution >= 0.6 is 0 Å². The molecule has 6 nitrogen and oxygen atoms in total. The maximum atomic E-state index is 13.9. The van der Waals surface area contributed by atoms with Gasteiger partial charge >= 0.3 is 5.97 Å². The Labute approximate surface area is 110 Å². The van der Waals surface area contributed by atoms with Crippen molar-refractivity contribution in [3.63, 3.8) is 0 Å². The SMILES string of the molecule is Cc1ncnc(N2CCC(OCC(=O)O)CC2)c1F. The number of nitrogens with zero attached hydrogens (tertiary/aromatic N) is 3. The fourth-order valence-corrected chi connectivity index (χ4v) is 2.09. The van der Waals surface area contributed by atoms with E-state index in [4.69, 9.17) is 9.84 Å². The third kappa shape index (κ3) is 3.37. The highest BCUT2D eigenvalue weighted by Gasteiger charge is 2.23. The average Bonchev–Trinajstić information content (AvgIpc) is 2.40. The maximum Gasteiger partial charge on any atom is 0.329 e. The molecule has 0 spiro atoms. The molecule has 1 saturated heterocycles. The van der Waals surface area contributed by atoms with E-state index in [1.165, 1.54) is 6.33 Å². The number of aromatic nitrogens is 2. The first-order chi connectivity index (χ1) is 9.08. The summed E-state index contributed by atoms with van der Waals surface area (Å²) in [6.45, 7) is 2.50. The third-order valence-corrected chi connectivity index (χ3v) is 3.13. The molecule has 19 heavy (non-hydrogen) atoms. The molecule has 0 radical (unpaired) electrons. The van der Waals surface area contributed by atoms with Crippen LogP contribution in [-0.2, 0) is 9.53 Å². The largest absolute Gasteiger partial charge is 0.480 e. The fourth-order valence-electron chi connectivity index (χ4n) is 2.09. The van der Waals surface area contributed by atoms with Crippen LogP contribution in [0.15, 0.2) is 6.33 Å². The summed E-state index contributed by atoms with van der Waals surface area (Å²) in [5, 5.41) is 8.54. The second kappa shape index (κ2) is 5.92. The van der Waals surface area contributed by atoms with E-state index < -0.39 is 11.8 Å². The van der Waals surface area contributed by atoms with Crippen LogP contribution in [0.25, 0.3) is 0 Å². The van der Waals surface area contributed by atoms with Gasteiger partial charge in [0.15, 0.2) is 11.6 Å². The quantitative estimate of drug-likeness (QED) is 0.878. The number of halogens is 1. The number of aliphatic carboxylic acids is 1. The molecule has 0 amide bonds. The molecule has 0 unspecified atom stereocenters. The van der Waals surface area contributed by atoms with Gasteiger partial charge in [-0.25, -0.2) is 19.2 Å². The standard InChI is InChI=1S/C12H16FN3O3/c1-8-11(13)12(15-7-14-8)16-4-2-9(3-5-16)19-6-10(17)18/h7,9H,2-6H2,1H3,(H,17,18). The predicted molar refractivity (Wildman–Crippen MR) is 65.5 cm³/mol. The van der Waals surface area contributed by atoms with Crippen LogP contribution in [0.5, 0.6) is 0 Å². The van der Waals surface area contributed by atoms with Gasteiger partial charge in [0.25, 0.3) is 0 Å². The minimum absolute atomic E-state index is 0.0849. The van der Waals surface area contributed by atoms with Gasteiger partial charge in [-0.3, -0.25) is 0 Å². The number of hydrogen-bond acceptors (Lipinski definition) is 5. The Morgan fingerprint density at radius 2 is 2.21 bits per heavy atom. The summed E-state index contributed by atoms with van der Waals surface area (Å²) in [6.07, 6.45) is 2.59. The Kier molecular flexibility index (Phi) is 4.26. The summed E-state index contributed by atoms with van der Waals surface area (Å²) in [7, 11) is 0. The van der Waals surface area contributed by atoms with E-state index in [0.29, 0.717) is 37.4 Å². The number of rotatable bonds is 4. The first-order valence-corrected chi connectivity index (χ1v) is 6.13. The van der Waals surface area contributed by atoms with Crippen molar-refractivity contribution in [2.45, 2.75) is 25.9 Å². The molecule has 1 aromatic heterocycles. The van der Waals surface area contributed by atoms with Crippen molar-refractivity contribution in [1.29, 1.82) is 0 Å². The van der Waals surface area contributed by atoms with Gasteiger partial charge in [0.2, 0.25) is 0 Å². The molecule has 0 saturated carbocycles. The van der Waals surface area contributed by atoms with Gasteiger partial charge in [-0.05, 0) is 19.8 Å². The molecule has 1 aliphatic heterocycles. The molecule has 2 rings (SSSR count). The Hall–Kier alpha value is -1.76. The summed E-state index contributed by atoms with van der Waals surface area (Å²) in [5.74, 6) is -1.06. The van der Waals surface area contributed by atoms with E-state index >= 15 is 0 Å². The highest BCUT2D eigenvalue weighted by atomic mass is 19.1. The van der Waals surface area contributed by atoms with Crippen molar-refractivity contribution < 1.29 is 19.0 Å². The molecule has 1 aliphatic rings. The number of hydrogen-bond donors (Lipinski definition) is 1. The number of carboxylic acids is 1. The van der Waals surface area contributed by atoms with E-state index in [0.717, 1.165) is 0 Å². The Bertz CT molecular complexity index is 462. The summed E-state index contributed by atoms with van der Waals surface area (Å²) in [6, 6.07) is 0. The number of aryl methyl sites for hydroxylation is 1. The number of anilines is 1. The summed E-state index contributed by atoms with van der Waals surface area (Å²) in [4.78, 5) is 20.0. The minimum Gasteiger partial charge on any atom is -0.480 e. The van der Waals surface area contributed by atoms with Crippen LogP contribution in [0.3, 0.4) is 0 Å². The summed E-state index contributed by atoms with van der Waals surface area (Å²) >= 11 is 0. The lowest BCUT2D eigenvalue weighted by molar-refractivity contribution is -0.144. The van der Waals surface area contributed by atoms with Crippen LogP contribution in [0, 0.1) is 12.7 Å². The average molecular weight is 269 g/mol. The normalized spacial score (nSPS) is 16.6. The van der Waals surface area contributed by atoms with Gasteiger partial charge in [0.05, 0.1) is 11.8 Å². The zero-order valence-electron chi connectivity index (χ0n) is 10.7. The Balaban J connectivity index is 1.92. The van der Waals surface area contributed by atoms with Crippen LogP contribution in [-0.4, -0.2) is 46.8 Å². The smallest absolute Gasteiger partial charge is 0.329 e. The van der Waals surface area contributed by atoms with Crippen LogP contribution in [0.2, 0.25) is 0 Å². The van der Waals surface area contributed by atoms with Gasteiger partial charge < -0.3 is 14.7 Å². The first-order valence-electron chi connectivity index (χ1n) is 6.13. The number of piperidine rings is 1. The lowest BCUT2D eigenvalue weighted by Crippen LogP contribution is -2.38. The van der Waals surface area contributed by atoms with Crippen molar-refractivity contribution in [3.05, 3.63) is 17.8 Å². The van der Waals surface area contributed by atoms with Crippen molar-refractivity contribution in [3.8, 4) is 0 Å². The molecule has 1 aromatic rings. The van der Waals surface area contributed by atoms with Gasteiger partial charge in [0.1, 0.15) is 12.9 Å². The van der Waals surface area contributed by atoms with Gasteiger partial charge in [-0.2, -0.15) is 0 Å². The van der Waals surface area contributed by atoms with Gasteiger partial charge in [0, 0.05) is 13.1 Å². The van der Waals surface area contributed by atoms with E-state index in [2.05, 4.69) is 9.97 Å². The topological polar surface area (TPSA) is 75.5 Å². The number of carboxylic acid groups (broad SMARTS) is 1. The third-order valence-electron chi connectivity index (χ3n) is 3.13. The van der Waals surface area contributed by atoms with Crippen molar-refractivity contribution >= 4 is 11.8 Å². The zero-order chi connectivity index (χ0) is 13.8. The van der Waals surface area contributed by atoms with Crippen LogP contribution in [0.1, 0.15) is 18.5 Å². The number of carbonyl (C=O) groups is 1. The Morgan fingerprint density at radius 3 is 2.84 bits per heavy atom. The monoisotopic (exact) mass is 269 g/mol. The van der Waals surface area contributed by atoms with Crippen LogP contribution < -0.4 is 4.90 Å². The van der Waals surface area contributed by atoms with Gasteiger partial charge in [-0.1, -0.05) is 0 Å². The van der Waals surface area contributed by atoms with Crippen molar-refractivity contribution in [1.82, 2.24) is 9.97 Å².